The largest absolute Gasteiger partial charge is 0.496 e. The second-order valence-electron chi connectivity index (χ2n) is 4.06. The highest BCUT2D eigenvalue weighted by Crippen LogP contribution is 2.34. The first-order valence-electron chi connectivity index (χ1n) is 6.02. The molecule has 0 aliphatic carbocycles. The van der Waals surface area contributed by atoms with Crippen molar-refractivity contribution in [3.05, 3.63) is 42.5 Å². The highest BCUT2D eigenvalue weighted by Gasteiger charge is 2.08. The first-order chi connectivity index (χ1) is 9.24. The number of hydrogen-bond acceptors (Lipinski definition) is 4. The molecule has 0 aliphatic heterocycles. The zero-order valence-corrected chi connectivity index (χ0v) is 10.8. The number of rotatable bonds is 5. The third-order valence-electron chi connectivity index (χ3n) is 2.73. The van der Waals surface area contributed by atoms with E-state index in [1.165, 1.54) is 0 Å². The lowest BCUT2D eigenvalue weighted by atomic mass is 10.0. The van der Waals surface area contributed by atoms with E-state index in [2.05, 4.69) is 0 Å². The summed E-state index contributed by atoms with van der Waals surface area (Å²) in [5, 5.41) is 8.78. The van der Waals surface area contributed by atoms with Crippen LogP contribution in [-0.4, -0.2) is 25.4 Å². The quantitative estimate of drug-likeness (QED) is 0.809. The van der Waals surface area contributed by atoms with Crippen molar-refractivity contribution in [1.82, 2.24) is 0 Å². The van der Waals surface area contributed by atoms with Gasteiger partial charge in [-0.3, -0.25) is 0 Å². The molecule has 0 aromatic heterocycles. The second-order valence-corrected chi connectivity index (χ2v) is 4.06. The standard InChI is InChI=1S/C15H17NO3/c1-18-15-6-5-13(19-8-7-17)10-14(15)11-3-2-4-12(16)9-11/h2-6,9-10,17H,7-8,16H2,1H3. The van der Waals surface area contributed by atoms with E-state index in [-0.39, 0.29) is 13.2 Å². The summed E-state index contributed by atoms with van der Waals surface area (Å²) in [6.07, 6.45) is 0. The molecule has 4 heteroatoms. The fourth-order valence-electron chi connectivity index (χ4n) is 1.87. The molecule has 100 valence electrons. The van der Waals surface area contributed by atoms with Crippen LogP contribution in [0.15, 0.2) is 42.5 Å². The molecule has 19 heavy (non-hydrogen) atoms. The highest BCUT2D eigenvalue weighted by atomic mass is 16.5. The summed E-state index contributed by atoms with van der Waals surface area (Å²) in [5.74, 6) is 1.44. The predicted molar refractivity (Wildman–Crippen MR) is 75.4 cm³/mol. The van der Waals surface area contributed by atoms with E-state index < -0.39 is 0 Å². The lowest BCUT2D eigenvalue weighted by molar-refractivity contribution is 0.201. The minimum atomic E-state index is -0.0142. The van der Waals surface area contributed by atoms with E-state index >= 15 is 0 Å². The summed E-state index contributed by atoms with van der Waals surface area (Å²) in [5.41, 5.74) is 8.37. The molecule has 0 atom stereocenters. The smallest absolute Gasteiger partial charge is 0.126 e. The lowest BCUT2D eigenvalue weighted by Gasteiger charge is -2.12. The monoisotopic (exact) mass is 259 g/mol. The van der Waals surface area contributed by atoms with Crippen LogP contribution >= 0.6 is 0 Å². The van der Waals surface area contributed by atoms with E-state index in [4.69, 9.17) is 20.3 Å². The molecule has 0 fully saturated rings. The molecular formula is C15H17NO3. The molecule has 2 aromatic carbocycles. The summed E-state index contributed by atoms with van der Waals surface area (Å²) in [4.78, 5) is 0. The fourth-order valence-corrected chi connectivity index (χ4v) is 1.87. The van der Waals surface area contributed by atoms with Gasteiger partial charge in [0, 0.05) is 11.3 Å². The van der Waals surface area contributed by atoms with Crippen molar-refractivity contribution < 1.29 is 14.6 Å². The van der Waals surface area contributed by atoms with E-state index in [0.717, 1.165) is 16.9 Å². The minimum absolute atomic E-state index is 0.0142. The van der Waals surface area contributed by atoms with Gasteiger partial charge in [0.15, 0.2) is 0 Å². The molecule has 0 aliphatic rings. The van der Waals surface area contributed by atoms with Crippen LogP contribution < -0.4 is 15.2 Å². The van der Waals surface area contributed by atoms with Crippen LogP contribution in [-0.2, 0) is 0 Å². The normalized spacial score (nSPS) is 10.2. The Hall–Kier alpha value is -2.20. The van der Waals surface area contributed by atoms with Gasteiger partial charge in [-0.05, 0) is 35.9 Å². The van der Waals surface area contributed by atoms with Crippen LogP contribution in [0.4, 0.5) is 5.69 Å². The molecule has 0 amide bonds. The third-order valence-corrected chi connectivity index (χ3v) is 2.73. The van der Waals surface area contributed by atoms with Gasteiger partial charge in [0.1, 0.15) is 18.1 Å². The zero-order chi connectivity index (χ0) is 13.7. The van der Waals surface area contributed by atoms with Gasteiger partial charge in [-0.2, -0.15) is 0 Å². The first kappa shape index (κ1) is 13.2. The SMILES string of the molecule is COc1ccc(OCCO)cc1-c1cccc(N)c1. The number of ether oxygens (including phenoxy) is 2. The first-order valence-corrected chi connectivity index (χ1v) is 6.02. The van der Waals surface area contributed by atoms with Crippen molar-refractivity contribution in [2.45, 2.75) is 0 Å². The Morgan fingerprint density at radius 1 is 1.16 bits per heavy atom. The molecule has 0 saturated carbocycles. The Morgan fingerprint density at radius 2 is 2.00 bits per heavy atom. The van der Waals surface area contributed by atoms with Gasteiger partial charge >= 0.3 is 0 Å². The predicted octanol–water partition coefficient (Wildman–Crippen LogP) is 2.32. The number of methoxy groups -OCH3 is 1. The van der Waals surface area contributed by atoms with Gasteiger partial charge < -0.3 is 20.3 Å². The van der Waals surface area contributed by atoms with Gasteiger partial charge in [0.25, 0.3) is 0 Å². The van der Waals surface area contributed by atoms with E-state index in [1.54, 1.807) is 7.11 Å². The molecular weight excluding hydrogens is 242 g/mol. The van der Waals surface area contributed by atoms with Crippen molar-refractivity contribution in [3.63, 3.8) is 0 Å². The Kier molecular flexibility index (Phi) is 4.26. The molecule has 4 nitrogen and oxygen atoms in total. The molecule has 2 aromatic rings. The van der Waals surface area contributed by atoms with Crippen molar-refractivity contribution in [2.75, 3.05) is 26.1 Å². The topological polar surface area (TPSA) is 64.7 Å². The molecule has 0 radical (unpaired) electrons. The summed E-state index contributed by atoms with van der Waals surface area (Å²) in [6, 6.07) is 13.1. The number of aliphatic hydroxyl groups is 1. The van der Waals surface area contributed by atoms with Gasteiger partial charge in [-0.15, -0.1) is 0 Å². The molecule has 0 bridgehead atoms. The number of nitrogens with two attached hydrogens (primary N) is 1. The van der Waals surface area contributed by atoms with E-state index in [1.807, 2.05) is 42.5 Å². The van der Waals surface area contributed by atoms with Crippen LogP contribution in [0.1, 0.15) is 0 Å². The average Bonchev–Trinajstić information content (AvgIpc) is 2.45. The summed E-state index contributed by atoms with van der Waals surface area (Å²) >= 11 is 0. The number of anilines is 1. The van der Waals surface area contributed by atoms with Crippen LogP contribution in [0.3, 0.4) is 0 Å². The highest BCUT2D eigenvalue weighted by molar-refractivity contribution is 5.74. The molecule has 2 rings (SSSR count). The molecule has 0 saturated heterocycles. The summed E-state index contributed by atoms with van der Waals surface area (Å²) in [6.45, 7) is 0.252. The average molecular weight is 259 g/mol. The maximum atomic E-state index is 8.78. The Bertz CT molecular complexity index is 555. The molecule has 0 heterocycles. The van der Waals surface area contributed by atoms with Crippen molar-refractivity contribution in [3.8, 4) is 22.6 Å². The van der Waals surface area contributed by atoms with Gasteiger partial charge in [-0.25, -0.2) is 0 Å². The van der Waals surface area contributed by atoms with Crippen LogP contribution in [0.5, 0.6) is 11.5 Å². The number of hydrogen-bond donors (Lipinski definition) is 2. The van der Waals surface area contributed by atoms with Crippen LogP contribution in [0.2, 0.25) is 0 Å². The van der Waals surface area contributed by atoms with Crippen LogP contribution in [0, 0.1) is 0 Å². The van der Waals surface area contributed by atoms with Gasteiger partial charge in [0.2, 0.25) is 0 Å². The number of benzene rings is 2. The Balaban J connectivity index is 2.41. The van der Waals surface area contributed by atoms with E-state index in [9.17, 15) is 0 Å². The number of nitrogen functional groups attached to an aromatic ring is 1. The van der Waals surface area contributed by atoms with Crippen LogP contribution in [0.25, 0.3) is 11.1 Å². The molecule has 0 spiro atoms. The van der Waals surface area contributed by atoms with Crippen molar-refractivity contribution >= 4 is 5.69 Å². The summed E-state index contributed by atoms with van der Waals surface area (Å²) < 4.78 is 10.8. The molecule has 3 N–H and O–H groups in total. The van der Waals surface area contributed by atoms with Crippen molar-refractivity contribution in [2.24, 2.45) is 0 Å². The van der Waals surface area contributed by atoms with Crippen molar-refractivity contribution in [1.29, 1.82) is 0 Å². The maximum Gasteiger partial charge on any atom is 0.126 e. The Labute approximate surface area is 112 Å². The number of aliphatic hydroxyl groups excluding tert-OH is 1. The third kappa shape index (κ3) is 3.17. The zero-order valence-electron chi connectivity index (χ0n) is 10.8. The lowest BCUT2D eigenvalue weighted by Crippen LogP contribution is -2.01. The second kappa shape index (κ2) is 6.11. The minimum Gasteiger partial charge on any atom is -0.496 e. The van der Waals surface area contributed by atoms with E-state index in [0.29, 0.717) is 11.4 Å². The van der Waals surface area contributed by atoms with Gasteiger partial charge in [-0.1, -0.05) is 12.1 Å². The Morgan fingerprint density at radius 3 is 2.68 bits per heavy atom. The van der Waals surface area contributed by atoms with Gasteiger partial charge in [0.05, 0.1) is 13.7 Å². The maximum absolute atomic E-state index is 8.78. The molecule has 0 unspecified atom stereocenters. The summed E-state index contributed by atoms with van der Waals surface area (Å²) in [7, 11) is 1.62. The fraction of sp³-hybridized carbons (Fsp3) is 0.200.